The molecule has 0 aliphatic carbocycles. The maximum absolute atomic E-state index is 12.7. The Morgan fingerprint density at radius 3 is 2.55 bits per heavy atom. The summed E-state index contributed by atoms with van der Waals surface area (Å²) in [5.41, 5.74) is 3.12. The summed E-state index contributed by atoms with van der Waals surface area (Å²) < 4.78 is 0. The van der Waals surface area contributed by atoms with Gasteiger partial charge in [0.25, 0.3) is 0 Å². The number of hydrogen-bond donors (Lipinski definition) is 0. The van der Waals surface area contributed by atoms with Gasteiger partial charge in [0.2, 0.25) is 5.91 Å². The highest BCUT2D eigenvalue weighted by Crippen LogP contribution is 2.27. The van der Waals surface area contributed by atoms with Crippen molar-refractivity contribution in [3.8, 4) is 10.6 Å². The number of amides is 1. The zero-order valence-corrected chi connectivity index (χ0v) is 18.3. The van der Waals surface area contributed by atoms with Crippen molar-refractivity contribution in [2.45, 2.75) is 13.3 Å². The Bertz CT molecular complexity index is 1010. The van der Waals surface area contributed by atoms with Gasteiger partial charge in [-0.25, -0.2) is 9.97 Å². The minimum Gasteiger partial charge on any atom is -0.352 e. The molecule has 0 unspecified atom stereocenters. The van der Waals surface area contributed by atoms with Crippen molar-refractivity contribution >= 4 is 46.3 Å². The lowest BCUT2D eigenvalue weighted by atomic mass is 10.2. The first-order chi connectivity index (χ1) is 14.0. The molecule has 29 heavy (non-hydrogen) atoms. The number of halogens is 2. The lowest BCUT2D eigenvalue weighted by Crippen LogP contribution is -2.49. The fourth-order valence-corrected chi connectivity index (χ4v) is 4.62. The molecular formula is C21H20Cl2N4OS. The van der Waals surface area contributed by atoms with Crippen LogP contribution in [0.1, 0.15) is 11.3 Å². The Hall–Kier alpha value is -2.15. The molecule has 1 saturated heterocycles. The van der Waals surface area contributed by atoms with Crippen LogP contribution < -0.4 is 4.90 Å². The molecule has 3 heterocycles. The third-order valence-corrected chi connectivity index (χ3v) is 6.33. The number of hydrogen-bond acceptors (Lipinski definition) is 5. The predicted octanol–water partition coefficient (Wildman–Crippen LogP) is 4.71. The molecule has 0 saturated carbocycles. The van der Waals surface area contributed by atoms with Gasteiger partial charge in [-0.05, 0) is 13.0 Å². The van der Waals surface area contributed by atoms with E-state index in [0.29, 0.717) is 48.5 Å². The van der Waals surface area contributed by atoms with Crippen LogP contribution in [0.3, 0.4) is 0 Å². The molecule has 0 atom stereocenters. The number of benzene rings is 1. The van der Waals surface area contributed by atoms with Crippen LogP contribution in [0.5, 0.6) is 0 Å². The summed E-state index contributed by atoms with van der Waals surface area (Å²) in [6, 6.07) is 9.96. The highest BCUT2D eigenvalue weighted by Gasteiger charge is 2.24. The average molecular weight is 447 g/mol. The number of aryl methyl sites for hydroxylation is 1. The number of thiazole rings is 1. The van der Waals surface area contributed by atoms with Crippen LogP contribution in [-0.4, -0.2) is 47.0 Å². The highest BCUT2D eigenvalue weighted by atomic mass is 35.5. The fraction of sp³-hybridized carbons (Fsp3) is 0.286. The molecule has 4 rings (SSSR count). The standard InChI is InChI=1S/C21H20Cl2N4OS/c1-14-2-4-15(5-3-14)21-25-17(13-29-21)11-19(28)26-6-8-27(9-7-26)20-18(23)10-16(22)12-24-20/h2-5,10,12-13H,6-9,11H2,1H3. The smallest absolute Gasteiger partial charge is 0.228 e. The summed E-state index contributed by atoms with van der Waals surface area (Å²) in [7, 11) is 0. The molecule has 5 nitrogen and oxygen atoms in total. The maximum atomic E-state index is 12.7. The van der Waals surface area contributed by atoms with E-state index >= 15 is 0 Å². The normalized spacial score (nSPS) is 14.3. The topological polar surface area (TPSA) is 49.3 Å². The number of pyridine rings is 1. The number of nitrogens with zero attached hydrogens (tertiary/aromatic N) is 4. The minimum atomic E-state index is 0.0977. The van der Waals surface area contributed by atoms with Gasteiger partial charge in [0.05, 0.1) is 22.2 Å². The number of aromatic nitrogens is 2. The molecule has 1 fully saturated rings. The second-order valence-electron chi connectivity index (χ2n) is 7.01. The van der Waals surface area contributed by atoms with Crippen molar-refractivity contribution in [1.82, 2.24) is 14.9 Å². The monoisotopic (exact) mass is 446 g/mol. The molecule has 150 valence electrons. The van der Waals surface area contributed by atoms with Crippen LogP contribution in [0.4, 0.5) is 5.82 Å². The molecular weight excluding hydrogens is 427 g/mol. The van der Waals surface area contributed by atoms with Gasteiger partial charge >= 0.3 is 0 Å². The predicted molar refractivity (Wildman–Crippen MR) is 119 cm³/mol. The van der Waals surface area contributed by atoms with Gasteiger partial charge in [0.1, 0.15) is 10.8 Å². The van der Waals surface area contributed by atoms with Crippen LogP contribution in [0.2, 0.25) is 10.0 Å². The van der Waals surface area contributed by atoms with E-state index in [1.807, 2.05) is 10.3 Å². The van der Waals surface area contributed by atoms with Crippen molar-refractivity contribution < 1.29 is 4.79 Å². The third kappa shape index (κ3) is 4.71. The zero-order valence-electron chi connectivity index (χ0n) is 15.9. The summed E-state index contributed by atoms with van der Waals surface area (Å²) in [5, 5.41) is 3.96. The molecule has 0 N–H and O–H groups in total. The van der Waals surface area contributed by atoms with Crippen LogP contribution in [0.25, 0.3) is 10.6 Å². The van der Waals surface area contributed by atoms with Crippen LogP contribution in [0, 0.1) is 6.92 Å². The van der Waals surface area contributed by atoms with E-state index in [4.69, 9.17) is 23.2 Å². The van der Waals surface area contributed by atoms with E-state index in [2.05, 4.69) is 46.1 Å². The lowest BCUT2D eigenvalue weighted by Gasteiger charge is -2.35. The fourth-order valence-electron chi connectivity index (χ4n) is 3.29. The Morgan fingerprint density at radius 1 is 1.14 bits per heavy atom. The first kappa shape index (κ1) is 20.1. The Balaban J connectivity index is 1.35. The van der Waals surface area contributed by atoms with Gasteiger partial charge in [-0.3, -0.25) is 4.79 Å². The van der Waals surface area contributed by atoms with Crippen LogP contribution >= 0.6 is 34.5 Å². The molecule has 1 aliphatic rings. The van der Waals surface area contributed by atoms with Crippen LogP contribution in [0.15, 0.2) is 41.9 Å². The number of piperazine rings is 1. The Morgan fingerprint density at radius 2 is 1.86 bits per heavy atom. The molecule has 1 aliphatic heterocycles. The summed E-state index contributed by atoms with van der Waals surface area (Å²) in [4.78, 5) is 25.7. The van der Waals surface area contributed by atoms with Gasteiger partial charge in [-0.1, -0.05) is 53.0 Å². The van der Waals surface area contributed by atoms with Gasteiger partial charge in [-0.2, -0.15) is 0 Å². The number of carbonyl (C=O) groups excluding carboxylic acids is 1. The molecule has 0 bridgehead atoms. The first-order valence-electron chi connectivity index (χ1n) is 9.35. The van der Waals surface area contributed by atoms with Crippen molar-refractivity contribution in [3.05, 3.63) is 63.2 Å². The molecule has 0 radical (unpaired) electrons. The quantitative estimate of drug-likeness (QED) is 0.581. The van der Waals surface area contributed by atoms with E-state index in [-0.39, 0.29) is 5.91 Å². The Labute approximate surface area is 183 Å². The van der Waals surface area contributed by atoms with Gasteiger partial charge in [0.15, 0.2) is 0 Å². The molecule has 3 aromatic rings. The van der Waals surface area contributed by atoms with Crippen LogP contribution in [-0.2, 0) is 11.2 Å². The van der Waals surface area contributed by atoms with Gasteiger partial charge in [-0.15, -0.1) is 11.3 Å². The van der Waals surface area contributed by atoms with E-state index in [9.17, 15) is 4.79 Å². The third-order valence-electron chi connectivity index (χ3n) is 4.90. The van der Waals surface area contributed by atoms with E-state index in [0.717, 1.165) is 16.3 Å². The van der Waals surface area contributed by atoms with Crippen molar-refractivity contribution in [1.29, 1.82) is 0 Å². The van der Waals surface area contributed by atoms with Crippen molar-refractivity contribution in [2.75, 3.05) is 31.1 Å². The van der Waals surface area contributed by atoms with E-state index < -0.39 is 0 Å². The van der Waals surface area contributed by atoms with Crippen molar-refractivity contribution in [3.63, 3.8) is 0 Å². The average Bonchev–Trinajstić information content (AvgIpc) is 3.17. The second-order valence-corrected chi connectivity index (χ2v) is 8.72. The zero-order chi connectivity index (χ0) is 20.4. The molecule has 0 spiro atoms. The SMILES string of the molecule is Cc1ccc(-c2nc(CC(=O)N3CCN(c4ncc(Cl)cc4Cl)CC3)cs2)cc1. The maximum Gasteiger partial charge on any atom is 0.228 e. The summed E-state index contributed by atoms with van der Waals surface area (Å²) in [6.07, 6.45) is 1.91. The van der Waals surface area contributed by atoms with Gasteiger partial charge < -0.3 is 9.80 Å². The van der Waals surface area contributed by atoms with Crippen molar-refractivity contribution in [2.24, 2.45) is 0 Å². The summed E-state index contributed by atoms with van der Waals surface area (Å²) in [6.45, 7) is 4.70. The Kier molecular flexibility index (Phi) is 6.04. The lowest BCUT2D eigenvalue weighted by molar-refractivity contribution is -0.130. The van der Waals surface area contributed by atoms with E-state index in [1.54, 1.807) is 23.6 Å². The largest absolute Gasteiger partial charge is 0.352 e. The molecule has 1 aromatic carbocycles. The highest BCUT2D eigenvalue weighted by molar-refractivity contribution is 7.13. The molecule has 1 amide bonds. The molecule has 8 heteroatoms. The molecule has 2 aromatic heterocycles. The number of rotatable bonds is 4. The number of anilines is 1. The van der Waals surface area contributed by atoms with E-state index in [1.165, 1.54) is 5.56 Å². The summed E-state index contributed by atoms with van der Waals surface area (Å²) >= 11 is 13.7. The summed E-state index contributed by atoms with van der Waals surface area (Å²) in [5.74, 6) is 0.811. The van der Waals surface area contributed by atoms with Gasteiger partial charge in [0, 0.05) is 43.3 Å². The number of carbonyl (C=O) groups is 1. The minimum absolute atomic E-state index is 0.0977. The second kappa shape index (κ2) is 8.69. The first-order valence-corrected chi connectivity index (χ1v) is 11.0.